The minimum absolute atomic E-state index is 0.0606. The number of nitrogens with zero attached hydrogens (tertiary/aromatic N) is 5. The number of ether oxygens (including phenoxy) is 1. The van der Waals surface area contributed by atoms with E-state index in [4.69, 9.17) is 16.3 Å². The van der Waals surface area contributed by atoms with E-state index in [0.29, 0.717) is 16.7 Å². The summed E-state index contributed by atoms with van der Waals surface area (Å²) in [6.07, 6.45) is 13.2. The van der Waals surface area contributed by atoms with Crippen LogP contribution in [0, 0.1) is 5.92 Å². The highest BCUT2D eigenvalue weighted by Gasteiger charge is 2.30. The molecule has 3 aromatic rings. The molecule has 2 saturated heterocycles. The van der Waals surface area contributed by atoms with Crippen molar-refractivity contribution >= 4 is 45.7 Å². The Morgan fingerprint density at radius 1 is 0.921 bits per heavy atom. The van der Waals surface area contributed by atoms with Gasteiger partial charge in [-0.15, -0.1) is 0 Å². The molecule has 0 spiro atoms. The number of pyridine rings is 1. The van der Waals surface area contributed by atoms with Crippen LogP contribution in [-0.2, 0) is 4.79 Å². The molecule has 1 saturated carbocycles. The Hall–Kier alpha value is -3.13. The van der Waals surface area contributed by atoms with Crippen LogP contribution in [0.1, 0.15) is 57.8 Å². The van der Waals surface area contributed by atoms with Crippen LogP contribution in [0.15, 0.2) is 36.8 Å². The molecule has 1 aromatic carbocycles. The number of hydrogen-bond donors (Lipinski definition) is 1. The van der Waals surface area contributed by atoms with Crippen LogP contribution in [0.2, 0.25) is 5.02 Å². The summed E-state index contributed by atoms with van der Waals surface area (Å²) in [6.45, 7) is 3.57. The van der Waals surface area contributed by atoms with Gasteiger partial charge in [0.2, 0.25) is 5.91 Å². The van der Waals surface area contributed by atoms with Crippen molar-refractivity contribution in [3.8, 4) is 5.75 Å². The number of benzene rings is 1. The standard InChI is InChI=1S/C29H35ClN6O2/c30-24-16-21(8-9-26(24)38-22-10-14-36(15-11-22)29(37)20-6-2-3-7-20)34-28-23-17-27(35-12-4-1-5-13-35)31-18-25(23)32-19-33-28/h8-9,16-20,22H,1-7,10-15H2,(H,32,33,34). The van der Waals surface area contributed by atoms with Gasteiger partial charge in [-0.25, -0.2) is 15.0 Å². The minimum atomic E-state index is 0.0606. The van der Waals surface area contributed by atoms with E-state index in [9.17, 15) is 4.79 Å². The zero-order valence-electron chi connectivity index (χ0n) is 21.7. The Bertz CT molecular complexity index is 1280. The summed E-state index contributed by atoms with van der Waals surface area (Å²) >= 11 is 6.65. The van der Waals surface area contributed by atoms with Gasteiger partial charge in [0.15, 0.2) is 0 Å². The number of carbonyl (C=O) groups excluding carboxylic acids is 1. The Morgan fingerprint density at radius 3 is 2.47 bits per heavy atom. The zero-order valence-corrected chi connectivity index (χ0v) is 22.5. The summed E-state index contributed by atoms with van der Waals surface area (Å²) in [5.41, 5.74) is 1.63. The van der Waals surface area contributed by atoms with E-state index < -0.39 is 0 Å². The highest BCUT2D eigenvalue weighted by molar-refractivity contribution is 6.32. The van der Waals surface area contributed by atoms with Crippen molar-refractivity contribution in [2.24, 2.45) is 5.92 Å². The molecule has 200 valence electrons. The number of likely N-dealkylation sites (tertiary alicyclic amines) is 1. The van der Waals surface area contributed by atoms with E-state index in [1.165, 1.54) is 32.1 Å². The number of amides is 1. The molecule has 1 aliphatic carbocycles. The van der Waals surface area contributed by atoms with Gasteiger partial charge in [-0.1, -0.05) is 24.4 Å². The lowest BCUT2D eigenvalue weighted by molar-refractivity contribution is -0.137. The summed E-state index contributed by atoms with van der Waals surface area (Å²) in [5.74, 6) is 2.93. The molecule has 1 amide bonds. The van der Waals surface area contributed by atoms with Crippen molar-refractivity contribution in [2.45, 2.75) is 63.9 Å². The molecule has 0 radical (unpaired) electrons. The number of piperidine rings is 2. The number of nitrogens with one attached hydrogen (secondary N) is 1. The molecule has 3 aliphatic rings. The van der Waals surface area contributed by atoms with Crippen LogP contribution < -0.4 is 15.0 Å². The summed E-state index contributed by atoms with van der Waals surface area (Å²) in [4.78, 5) is 30.6. The molecule has 38 heavy (non-hydrogen) atoms. The van der Waals surface area contributed by atoms with Crippen molar-refractivity contribution in [2.75, 3.05) is 36.4 Å². The maximum atomic E-state index is 12.7. The first-order chi connectivity index (χ1) is 18.6. The van der Waals surface area contributed by atoms with Crippen LogP contribution in [-0.4, -0.2) is 58.0 Å². The highest BCUT2D eigenvalue weighted by Crippen LogP contribution is 2.33. The second-order valence-corrected chi connectivity index (χ2v) is 11.1. The van der Waals surface area contributed by atoms with Gasteiger partial charge in [0.25, 0.3) is 0 Å². The van der Waals surface area contributed by atoms with Crippen LogP contribution >= 0.6 is 11.6 Å². The second kappa shape index (κ2) is 11.3. The lowest BCUT2D eigenvalue weighted by Crippen LogP contribution is -2.44. The Balaban J connectivity index is 1.10. The number of fused-ring (bicyclic) bond motifs is 1. The van der Waals surface area contributed by atoms with Crippen molar-refractivity contribution < 1.29 is 9.53 Å². The molecule has 2 aliphatic heterocycles. The first-order valence-electron chi connectivity index (χ1n) is 14.0. The number of halogens is 1. The lowest BCUT2D eigenvalue weighted by Gasteiger charge is -2.33. The van der Waals surface area contributed by atoms with Crippen LogP contribution in [0.25, 0.3) is 10.9 Å². The molecule has 3 fully saturated rings. The van der Waals surface area contributed by atoms with Gasteiger partial charge in [0, 0.05) is 56.0 Å². The van der Waals surface area contributed by atoms with E-state index in [2.05, 4.69) is 31.2 Å². The van der Waals surface area contributed by atoms with Crippen molar-refractivity contribution in [3.63, 3.8) is 0 Å². The quantitative estimate of drug-likeness (QED) is 0.417. The van der Waals surface area contributed by atoms with Crippen LogP contribution in [0.4, 0.5) is 17.3 Å². The number of aromatic nitrogens is 3. The molecular weight excluding hydrogens is 500 g/mol. The predicted molar refractivity (Wildman–Crippen MR) is 150 cm³/mol. The fourth-order valence-corrected chi connectivity index (χ4v) is 6.18. The van der Waals surface area contributed by atoms with E-state index in [1.807, 2.05) is 29.3 Å². The van der Waals surface area contributed by atoms with E-state index >= 15 is 0 Å². The molecule has 8 nitrogen and oxygen atoms in total. The maximum absolute atomic E-state index is 12.7. The normalized spacial score (nSPS) is 19.2. The van der Waals surface area contributed by atoms with Gasteiger partial charge >= 0.3 is 0 Å². The zero-order chi connectivity index (χ0) is 25.9. The Labute approximate surface area is 228 Å². The van der Waals surface area contributed by atoms with Gasteiger partial charge in [-0.05, 0) is 56.4 Å². The van der Waals surface area contributed by atoms with Gasteiger partial charge in [0.1, 0.15) is 29.8 Å². The lowest BCUT2D eigenvalue weighted by atomic mass is 10.0. The second-order valence-electron chi connectivity index (χ2n) is 10.7. The van der Waals surface area contributed by atoms with Gasteiger partial charge in [-0.2, -0.15) is 0 Å². The maximum Gasteiger partial charge on any atom is 0.225 e. The summed E-state index contributed by atoms with van der Waals surface area (Å²) in [5, 5.41) is 4.89. The molecule has 9 heteroatoms. The fourth-order valence-electron chi connectivity index (χ4n) is 5.96. The largest absolute Gasteiger partial charge is 0.489 e. The number of anilines is 3. The van der Waals surface area contributed by atoms with Gasteiger partial charge in [0.05, 0.1) is 16.7 Å². The first-order valence-corrected chi connectivity index (χ1v) is 14.4. The number of carbonyl (C=O) groups is 1. The fraction of sp³-hybridized carbons (Fsp3) is 0.517. The number of rotatable bonds is 6. The van der Waals surface area contributed by atoms with E-state index in [1.54, 1.807) is 6.33 Å². The van der Waals surface area contributed by atoms with Crippen LogP contribution in [0.3, 0.4) is 0 Å². The third kappa shape index (κ3) is 5.51. The molecule has 0 bridgehead atoms. The molecule has 6 rings (SSSR count). The molecule has 4 heterocycles. The van der Waals surface area contributed by atoms with Gasteiger partial charge < -0.3 is 19.9 Å². The molecule has 0 unspecified atom stereocenters. The Morgan fingerprint density at radius 2 is 1.71 bits per heavy atom. The monoisotopic (exact) mass is 534 g/mol. The van der Waals surface area contributed by atoms with Crippen LogP contribution in [0.5, 0.6) is 5.75 Å². The van der Waals surface area contributed by atoms with E-state index in [-0.39, 0.29) is 12.0 Å². The smallest absolute Gasteiger partial charge is 0.225 e. The van der Waals surface area contributed by atoms with Crippen molar-refractivity contribution in [1.82, 2.24) is 19.9 Å². The summed E-state index contributed by atoms with van der Waals surface area (Å²) in [6, 6.07) is 7.81. The summed E-state index contributed by atoms with van der Waals surface area (Å²) < 4.78 is 6.26. The predicted octanol–water partition coefficient (Wildman–Crippen LogP) is 5.97. The molecule has 0 atom stereocenters. The topological polar surface area (TPSA) is 83.5 Å². The number of hydrogen-bond acceptors (Lipinski definition) is 7. The highest BCUT2D eigenvalue weighted by atomic mass is 35.5. The summed E-state index contributed by atoms with van der Waals surface area (Å²) in [7, 11) is 0. The molecule has 2 aromatic heterocycles. The van der Waals surface area contributed by atoms with Crippen molar-refractivity contribution in [1.29, 1.82) is 0 Å². The van der Waals surface area contributed by atoms with Crippen molar-refractivity contribution in [3.05, 3.63) is 41.8 Å². The average Bonchev–Trinajstić information content (AvgIpc) is 3.50. The minimum Gasteiger partial charge on any atom is -0.489 e. The van der Waals surface area contributed by atoms with Gasteiger partial charge in [-0.3, -0.25) is 4.79 Å². The SMILES string of the molecule is O=C(C1CCCC1)N1CCC(Oc2ccc(Nc3ncnc4cnc(N5CCCCC5)cc34)cc2Cl)CC1. The van der Waals surface area contributed by atoms with E-state index in [0.717, 1.165) is 80.1 Å². The molecule has 1 N–H and O–H groups in total. The third-order valence-electron chi connectivity index (χ3n) is 8.13. The Kier molecular flexibility index (Phi) is 7.49. The average molecular weight is 535 g/mol. The molecular formula is C29H35ClN6O2. The first kappa shape index (κ1) is 25.2. The third-order valence-corrected chi connectivity index (χ3v) is 8.43.